The van der Waals surface area contributed by atoms with E-state index in [1.165, 1.54) is 0 Å². The van der Waals surface area contributed by atoms with Gasteiger partial charge in [-0.25, -0.2) is 14.3 Å². The van der Waals surface area contributed by atoms with Gasteiger partial charge in [-0.1, -0.05) is 12.1 Å². The van der Waals surface area contributed by atoms with Crippen LogP contribution in [0.2, 0.25) is 0 Å². The fourth-order valence-electron chi connectivity index (χ4n) is 1.94. The predicted octanol–water partition coefficient (Wildman–Crippen LogP) is 2.02. The molecule has 2 heterocycles. The summed E-state index contributed by atoms with van der Waals surface area (Å²) in [5.74, 6) is 0.632. The fourth-order valence-corrected chi connectivity index (χ4v) is 1.94. The van der Waals surface area contributed by atoms with E-state index in [9.17, 15) is 4.79 Å². The summed E-state index contributed by atoms with van der Waals surface area (Å²) < 4.78 is 1.58. The lowest BCUT2D eigenvalue weighted by atomic mass is 10.2. The molecule has 0 aliphatic heterocycles. The van der Waals surface area contributed by atoms with E-state index in [-0.39, 0.29) is 5.69 Å². The van der Waals surface area contributed by atoms with Crippen molar-refractivity contribution in [3.63, 3.8) is 0 Å². The van der Waals surface area contributed by atoms with Gasteiger partial charge in [0.1, 0.15) is 5.82 Å². The highest BCUT2D eigenvalue weighted by Crippen LogP contribution is 2.15. The van der Waals surface area contributed by atoms with Crippen molar-refractivity contribution in [2.45, 2.75) is 6.92 Å². The first-order valence-corrected chi connectivity index (χ1v) is 5.38. The lowest BCUT2D eigenvalue weighted by molar-refractivity contribution is 0.966. The Morgan fingerprint density at radius 1 is 1.24 bits per heavy atom. The van der Waals surface area contributed by atoms with Gasteiger partial charge in [0.25, 0.3) is 0 Å². The van der Waals surface area contributed by atoms with Crippen LogP contribution < -0.4 is 5.69 Å². The van der Waals surface area contributed by atoms with E-state index in [1.807, 2.05) is 43.3 Å². The van der Waals surface area contributed by atoms with E-state index in [1.54, 1.807) is 10.8 Å². The predicted molar refractivity (Wildman–Crippen MR) is 66.4 cm³/mol. The second-order valence-corrected chi connectivity index (χ2v) is 3.97. The number of imidazole rings is 1. The number of aryl methyl sites for hydroxylation is 1. The third kappa shape index (κ3) is 1.54. The number of nitrogens with one attached hydrogen (secondary N) is 1. The van der Waals surface area contributed by atoms with Crippen LogP contribution in [0.15, 0.2) is 47.4 Å². The maximum absolute atomic E-state index is 11.9. The van der Waals surface area contributed by atoms with Crippen molar-refractivity contribution in [1.29, 1.82) is 0 Å². The Bertz CT molecular complexity index is 725. The minimum Gasteiger partial charge on any atom is -0.305 e. The number of benzene rings is 1. The summed E-state index contributed by atoms with van der Waals surface area (Å²) in [4.78, 5) is 18.9. The van der Waals surface area contributed by atoms with Crippen LogP contribution in [0.5, 0.6) is 0 Å². The van der Waals surface area contributed by atoms with Crippen LogP contribution >= 0.6 is 0 Å². The van der Waals surface area contributed by atoms with E-state index < -0.39 is 0 Å². The SMILES string of the molecule is Cc1ccc2c(c1)[nH]c(=O)n2-c1ccccn1. The summed E-state index contributed by atoms with van der Waals surface area (Å²) in [6.45, 7) is 2.00. The third-order valence-electron chi connectivity index (χ3n) is 2.72. The smallest absolute Gasteiger partial charge is 0.305 e. The molecule has 0 amide bonds. The number of aromatic nitrogens is 3. The highest BCUT2D eigenvalue weighted by molar-refractivity contribution is 5.77. The van der Waals surface area contributed by atoms with E-state index in [0.29, 0.717) is 5.82 Å². The Morgan fingerprint density at radius 2 is 2.12 bits per heavy atom. The van der Waals surface area contributed by atoms with Crippen LogP contribution in [0.4, 0.5) is 0 Å². The van der Waals surface area contributed by atoms with Crippen molar-refractivity contribution in [1.82, 2.24) is 14.5 Å². The van der Waals surface area contributed by atoms with Gasteiger partial charge in [-0.05, 0) is 36.8 Å². The third-order valence-corrected chi connectivity index (χ3v) is 2.72. The summed E-state index contributed by atoms with van der Waals surface area (Å²) >= 11 is 0. The zero-order chi connectivity index (χ0) is 11.8. The molecule has 4 heteroatoms. The Balaban J connectivity index is 2.37. The molecule has 0 aliphatic rings. The molecule has 0 unspecified atom stereocenters. The molecule has 1 N–H and O–H groups in total. The molecule has 0 saturated heterocycles. The standard InChI is InChI=1S/C13H11N3O/c1-9-5-6-11-10(8-9)15-13(17)16(11)12-4-2-3-7-14-12/h2-8H,1H3,(H,15,17). The number of hydrogen-bond acceptors (Lipinski definition) is 2. The summed E-state index contributed by atoms with van der Waals surface area (Å²) in [6.07, 6.45) is 1.68. The van der Waals surface area contributed by atoms with Gasteiger partial charge in [0.05, 0.1) is 11.0 Å². The molecule has 1 aromatic carbocycles. The molecule has 17 heavy (non-hydrogen) atoms. The van der Waals surface area contributed by atoms with Crippen molar-refractivity contribution >= 4 is 11.0 Å². The molecule has 0 radical (unpaired) electrons. The number of pyridine rings is 1. The van der Waals surface area contributed by atoms with E-state index >= 15 is 0 Å². The first-order valence-electron chi connectivity index (χ1n) is 5.38. The quantitative estimate of drug-likeness (QED) is 0.688. The zero-order valence-electron chi connectivity index (χ0n) is 9.34. The van der Waals surface area contributed by atoms with E-state index in [4.69, 9.17) is 0 Å². The molecule has 2 aromatic heterocycles. The summed E-state index contributed by atoms with van der Waals surface area (Å²) in [5.41, 5.74) is 2.64. The highest BCUT2D eigenvalue weighted by atomic mass is 16.1. The maximum atomic E-state index is 11.9. The van der Waals surface area contributed by atoms with Crippen molar-refractivity contribution in [2.24, 2.45) is 0 Å². The minimum absolute atomic E-state index is 0.163. The van der Waals surface area contributed by atoms with Crippen LogP contribution in [0, 0.1) is 6.92 Å². The fraction of sp³-hybridized carbons (Fsp3) is 0.0769. The van der Waals surface area contributed by atoms with Gasteiger partial charge in [-0.3, -0.25) is 0 Å². The van der Waals surface area contributed by atoms with E-state index in [2.05, 4.69) is 9.97 Å². The second kappa shape index (κ2) is 3.59. The monoisotopic (exact) mass is 225 g/mol. The van der Waals surface area contributed by atoms with Gasteiger partial charge in [-0.2, -0.15) is 0 Å². The van der Waals surface area contributed by atoms with Gasteiger partial charge in [0.2, 0.25) is 0 Å². The van der Waals surface area contributed by atoms with Crippen molar-refractivity contribution < 1.29 is 0 Å². The first-order chi connectivity index (χ1) is 8.25. The number of aromatic amines is 1. The average molecular weight is 225 g/mol. The minimum atomic E-state index is -0.163. The van der Waals surface area contributed by atoms with Crippen LogP contribution in [-0.2, 0) is 0 Å². The Labute approximate surface area is 97.6 Å². The van der Waals surface area contributed by atoms with Crippen LogP contribution in [0.3, 0.4) is 0 Å². The molecule has 0 bridgehead atoms. The Morgan fingerprint density at radius 3 is 2.88 bits per heavy atom. The molecule has 0 atom stereocenters. The molecule has 3 aromatic rings. The molecule has 3 rings (SSSR count). The maximum Gasteiger partial charge on any atom is 0.332 e. The van der Waals surface area contributed by atoms with Crippen LogP contribution in [0.1, 0.15) is 5.56 Å². The summed E-state index contributed by atoms with van der Waals surface area (Å²) in [5, 5.41) is 0. The molecular formula is C13H11N3O. The molecule has 0 spiro atoms. The average Bonchev–Trinajstić information content (AvgIpc) is 2.65. The van der Waals surface area contributed by atoms with Crippen molar-refractivity contribution in [3.05, 3.63) is 58.6 Å². The normalized spacial score (nSPS) is 10.9. The van der Waals surface area contributed by atoms with Gasteiger partial charge < -0.3 is 4.98 Å². The van der Waals surface area contributed by atoms with Gasteiger partial charge >= 0.3 is 5.69 Å². The lowest BCUT2D eigenvalue weighted by Crippen LogP contribution is -2.15. The van der Waals surface area contributed by atoms with Crippen molar-refractivity contribution in [2.75, 3.05) is 0 Å². The topological polar surface area (TPSA) is 50.7 Å². The van der Waals surface area contributed by atoms with E-state index in [0.717, 1.165) is 16.6 Å². The molecule has 0 fully saturated rings. The lowest BCUT2D eigenvalue weighted by Gasteiger charge is -2.01. The summed E-state index contributed by atoms with van der Waals surface area (Å²) in [7, 11) is 0. The van der Waals surface area contributed by atoms with Gasteiger partial charge in [-0.15, -0.1) is 0 Å². The molecule has 0 saturated carbocycles. The Hall–Kier alpha value is -2.36. The van der Waals surface area contributed by atoms with Crippen LogP contribution in [0.25, 0.3) is 16.9 Å². The van der Waals surface area contributed by atoms with Crippen LogP contribution in [-0.4, -0.2) is 14.5 Å². The zero-order valence-corrected chi connectivity index (χ0v) is 9.34. The van der Waals surface area contributed by atoms with Gasteiger partial charge in [0, 0.05) is 6.20 Å². The molecular weight excluding hydrogens is 214 g/mol. The number of H-pyrrole nitrogens is 1. The highest BCUT2D eigenvalue weighted by Gasteiger charge is 2.08. The largest absolute Gasteiger partial charge is 0.332 e. The first kappa shape index (κ1) is 9.84. The Kier molecular flexibility index (Phi) is 2.08. The molecule has 84 valence electrons. The number of rotatable bonds is 1. The second-order valence-electron chi connectivity index (χ2n) is 3.97. The molecule has 4 nitrogen and oxygen atoms in total. The molecule has 0 aliphatic carbocycles. The van der Waals surface area contributed by atoms with Crippen molar-refractivity contribution in [3.8, 4) is 5.82 Å². The summed E-state index contributed by atoms with van der Waals surface area (Å²) in [6, 6.07) is 11.4. The number of nitrogens with zero attached hydrogens (tertiary/aromatic N) is 2. The number of fused-ring (bicyclic) bond motifs is 1. The number of hydrogen-bond donors (Lipinski definition) is 1. The van der Waals surface area contributed by atoms with Gasteiger partial charge in [0.15, 0.2) is 0 Å².